The highest BCUT2D eigenvalue weighted by Crippen LogP contribution is 2.36. The van der Waals surface area contributed by atoms with Gasteiger partial charge < -0.3 is 29.5 Å². The molecule has 1 N–H and O–H groups in total. The molecule has 4 heterocycles. The molecule has 246 valence electrons. The second-order valence-electron chi connectivity index (χ2n) is 12.3. The second kappa shape index (κ2) is 15.1. The summed E-state index contributed by atoms with van der Waals surface area (Å²) in [5.41, 5.74) is -2.24. The van der Waals surface area contributed by atoms with Gasteiger partial charge in [0.2, 0.25) is 0 Å². The van der Waals surface area contributed by atoms with Crippen molar-refractivity contribution in [2.24, 2.45) is 0 Å². The molecule has 4 rings (SSSR count). The highest BCUT2D eigenvalue weighted by molar-refractivity contribution is 6.76. The Hall–Kier alpha value is -3.68. The monoisotopic (exact) mass is 650 g/mol. The van der Waals surface area contributed by atoms with Crippen LogP contribution in [0.4, 0.5) is 29.5 Å². The zero-order chi connectivity index (χ0) is 32.6. The Kier molecular flexibility index (Phi) is 11.4. The lowest BCUT2D eigenvalue weighted by Gasteiger charge is -2.35. The fourth-order valence-electron chi connectivity index (χ4n) is 5.25. The van der Waals surface area contributed by atoms with Gasteiger partial charge in [-0.15, -0.1) is 0 Å². The summed E-state index contributed by atoms with van der Waals surface area (Å²) in [6.07, 6.45) is -0.992. The number of ether oxygens (including phenoxy) is 2. The summed E-state index contributed by atoms with van der Waals surface area (Å²) < 4.78 is 54.4. The number of halogens is 3. The van der Waals surface area contributed by atoms with Crippen molar-refractivity contribution >= 4 is 25.6 Å². The number of rotatable bonds is 12. The van der Waals surface area contributed by atoms with Crippen LogP contribution in [0.5, 0.6) is 0 Å². The number of hydrogen-bond donors (Lipinski definition) is 1. The summed E-state index contributed by atoms with van der Waals surface area (Å²) >= 11 is 0. The zero-order valence-electron chi connectivity index (χ0n) is 26.0. The van der Waals surface area contributed by atoms with Crippen LogP contribution < -0.4 is 20.7 Å². The first kappa shape index (κ1) is 34.2. The van der Waals surface area contributed by atoms with Gasteiger partial charge >= 0.3 is 12.2 Å². The van der Waals surface area contributed by atoms with Crippen LogP contribution in [-0.2, 0) is 22.4 Å². The van der Waals surface area contributed by atoms with Crippen LogP contribution >= 0.6 is 0 Å². The summed E-state index contributed by atoms with van der Waals surface area (Å²) in [5.74, 6) is 0.754. The summed E-state index contributed by atoms with van der Waals surface area (Å²) in [4.78, 5) is 35.1. The van der Waals surface area contributed by atoms with Crippen molar-refractivity contribution in [3.05, 3.63) is 46.0 Å². The number of anilines is 2. The van der Waals surface area contributed by atoms with Crippen LogP contribution in [-0.4, -0.2) is 98.9 Å². The number of aromatic nitrogens is 3. The third-order valence-electron chi connectivity index (χ3n) is 7.80. The molecule has 45 heavy (non-hydrogen) atoms. The van der Waals surface area contributed by atoms with Gasteiger partial charge in [0, 0.05) is 60.1 Å². The number of nitrogens with zero attached hydrogens (tertiary/aromatic N) is 7. The molecule has 0 bridgehead atoms. The molecule has 2 aliphatic rings. The Labute approximate surface area is 261 Å². The minimum absolute atomic E-state index is 0.145. The summed E-state index contributed by atoms with van der Waals surface area (Å²) in [7, 11) is -1.39. The van der Waals surface area contributed by atoms with Gasteiger partial charge in [0.1, 0.15) is 24.2 Å². The number of hydrogen-bond acceptors (Lipinski definition) is 9. The minimum Gasteiger partial charge on any atom is -0.377 e. The quantitative estimate of drug-likeness (QED) is 0.272. The second-order valence-corrected chi connectivity index (χ2v) is 18.0. The molecule has 0 spiro atoms. The molecule has 2 saturated heterocycles. The molecule has 2 aromatic heterocycles. The van der Waals surface area contributed by atoms with Gasteiger partial charge in [-0.2, -0.15) is 23.5 Å². The van der Waals surface area contributed by atoms with Gasteiger partial charge in [-0.1, -0.05) is 19.6 Å². The van der Waals surface area contributed by atoms with Gasteiger partial charge in [-0.3, -0.25) is 4.79 Å². The van der Waals surface area contributed by atoms with Crippen molar-refractivity contribution in [1.82, 2.24) is 25.0 Å². The van der Waals surface area contributed by atoms with Crippen LogP contribution in [0.3, 0.4) is 0 Å². The molecule has 1 atom stereocenters. The lowest BCUT2D eigenvalue weighted by molar-refractivity contribution is -0.138. The molecule has 2 aromatic rings. The molecular formula is C29H41F3N8O4Si. The smallest absolute Gasteiger partial charge is 0.377 e. The lowest BCUT2D eigenvalue weighted by Crippen LogP contribution is -2.52. The van der Waals surface area contributed by atoms with Crippen molar-refractivity contribution in [2.75, 3.05) is 68.9 Å². The molecule has 2 amide bonds. The molecule has 0 unspecified atom stereocenters. The predicted molar refractivity (Wildman–Crippen MR) is 165 cm³/mol. The lowest BCUT2D eigenvalue weighted by atomic mass is 10.2. The van der Waals surface area contributed by atoms with E-state index in [1.165, 1.54) is 6.20 Å². The fourth-order valence-corrected chi connectivity index (χ4v) is 6.01. The van der Waals surface area contributed by atoms with Gasteiger partial charge in [0.25, 0.3) is 5.56 Å². The number of nitriles is 1. The SMILES string of the molecule is C[Si](C)(C)CCOCn1ncc(N2CCC[C@H]2COCCNC(=O)N2CCN(c3ccc(C#N)cn3)CC2)c(C(F)(F)F)c1=O. The summed E-state index contributed by atoms with van der Waals surface area (Å²) in [6, 6.07) is 5.77. The topological polar surface area (TPSA) is 129 Å². The van der Waals surface area contributed by atoms with Crippen molar-refractivity contribution in [1.29, 1.82) is 5.26 Å². The molecule has 0 aliphatic carbocycles. The number of nitrogens with one attached hydrogen (secondary N) is 1. The predicted octanol–water partition coefficient (Wildman–Crippen LogP) is 3.36. The van der Waals surface area contributed by atoms with Crippen LogP contribution in [0.1, 0.15) is 24.0 Å². The fraction of sp³-hybridized carbons (Fsp3) is 0.621. The first-order valence-corrected chi connectivity index (χ1v) is 18.8. The van der Waals surface area contributed by atoms with E-state index in [-0.39, 0.29) is 44.2 Å². The number of amides is 2. The summed E-state index contributed by atoms with van der Waals surface area (Å²) in [5, 5.41) is 15.8. The number of carbonyl (C=O) groups excluding carboxylic acids is 1. The highest BCUT2D eigenvalue weighted by atomic mass is 28.3. The standard InChI is InChI=1S/C29H41F3N8O4Si/c1-45(2,3)16-15-44-21-40-27(41)26(29(30,31)32)24(19-36-40)39-9-4-5-23(39)20-43-14-8-34-28(42)38-12-10-37(11-13-38)25-7-6-22(17-33)18-35-25/h6-7,18-19,23H,4-5,8-16,20-21H2,1-3H3,(H,34,42)/t23-/m0/s1. The van der Waals surface area contributed by atoms with Crippen molar-refractivity contribution in [2.45, 2.75) is 57.5 Å². The third kappa shape index (κ3) is 9.41. The maximum atomic E-state index is 14.1. The number of piperazine rings is 1. The van der Waals surface area contributed by atoms with Crippen molar-refractivity contribution < 1.29 is 27.4 Å². The third-order valence-corrected chi connectivity index (χ3v) is 9.51. The normalized spacial score (nSPS) is 17.4. The molecule has 0 saturated carbocycles. The largest absolute Gasteiger partial charge is 0.423 e. The Morgan fingerprint density at radius 2 is 1.87 bits per heavy atom. The van der Waals surface area contributed by atoms with Crippen LogP contribution in [0.2, 0.25) is 25.7 Å². The van der Waals surface area contributed by atoms with E-state index in [1.54, 1.807) is 21.9 Å². The van der Waals surface area contributed by atoms with E-state index in [2.05, 4.69) is 35.0 Å². The zero-order valence-corrected chi connectivity index (χ0v) is 27.0. The molecule has 0 radical (unpaired) electrons. The molecule has 0 aromatic carbocycles. The van der Waals surface area contributed by atoms with Gasteiger partial charge in [-0.25, -0.2) is 14.5 Å². The highest BCUT2D eigenvalue weighted by Gasteiger charge is 2.41. The van der Waals surface area contributed by atoms with Gasteiger partial charge in [0.15, 0.2) is 0 Å². The van der Waals surface area contributed by atoms with E-state index >= 15 is 0 Å². The number of carbonyl (C=O) groups is 1. The molecular weight excluding hydrogens is 609 g/mol. The maximum Gasteiger partial charge on any atom is 0.423 e. The van der Waals surface area contributed by atoms with E-state index in [1.807, 2.05) is 11.0 Å². The average Bonchev–Trinajstić information content (AvgIpc) is 3.47. The molecule has 2 fully saturated rings. The van der Waals surface area contributed by atoms with E-state index in [4.69, 9.17) is 14.7 Å². The van der Waals surface area contributed by atoms with Crippen LogP contribution in [0.15, 0.2) is 29.3 Å². The Balaban J connectivity index is 1.24. The van der Waals surface area contributed by atoms with Crippen LogP contribution in [0.25, 0.3) is 0 Å². The van der Waals surface area contributed by atoms with Crippen molar-refractivity contribution in [3.63, 3.8) is 0 Å². The van der Waals surface area contributed by atoms with E-state index in [0.29, 0.717) is 57.7 Å². The molecule has 12 nitrogen and oxygen atoms in total. The van der Waals surface area contributed by atoms with Gasteiger partial charge in [0.05, 0.1) is 36.7 Å². The van der Waals surface area contributed by atoms with Gasteiger partial charge in [-0.05, 0) is 31.0 Å². The summed E-state index contributed by atoms with van der Waals surface area (Å²) in [6.45, 7) is 9.62. The van der Waals surface area contributed by atoms with E-state index in [0.717, 1.165) is 22.7 Å². The molecule has 16 heteroatoms. The van der Waals surface area contributed by atoms with Crippen LogP contribution in [0, 0.1) is 11.3 Å². The maximum absolute atomic E-state index is 14.1. The first-order valence-electron chi connectivity index (χ1n) is 15.1. The minimum atomic E-state index is -4.86. The van der Waals surface area contributed by atoms with E-state index in [9.17, 15) is 22.8 Å². The Morgan fingerprint density at radius 1 is 1.11 bits per heavy atom. The first-order chi connectivity index (χ1) is 21.4. The van der Waals surface area contributed by atoms with E-state index < -0.39 is 25.4 Å². The van der Waals surface area contributed by atoms with Crippen molar-refractivity contribution in [3.8, 4) is 6.07 Å². The Bertz CT molecular complexity index is 1390. The number of alkyl halides is 3. The average molecular weight is 651 g/mol. The molecule has 2 aliphatic heterocycles. The number of urea groups is 1. The number of pyridine rings is 1. The Morgan fingerprint density at radius 3 is 2.51 bits per heavy atom.